The number of amides is 2. The van der Waals surface area contributed by atoms with Gasteiger partial charge in [-0.25, -0.2) is 0 Å². The molecule has 32 heavy (non-hydrogen) atoms. The molecule has 1 aromatic heterocycles. The van der Waals surface area contributed by atoms with Crippen LogP contribution >= 0.6 is 0 Å². The molecule has 1 aromatic carbocycles. The number of nitrogens with zero attached hydrogens (tertiary/aromatic N) is 2. The summed E-state index contributed by atoms with van der Waals surface area (Å²) in [6, 6.07) is 7.02. The summed E-state index contributed by atoms with van der Waals surface area (Å²) in [5.41, 5.74) is 1.13. The van der Waals surface area contributed by atoms with E-state index in [2.05, 4.69) is 27.2 Å². The molecule has 1 saturated heterocycles. The van der Waals surface area contributed by atoms with E-state index in [-0.39, 0.29) is 23.7 Å². The second-order valence-corrected chi connectivity index (χ2v) is 7.93. The van der Waals surface area contributed by atoms with Gasteiger partial charge in [0, 0.05) is 30.8 Å². The quantitative estimate of drug-likeness (QED) is 0.599. The summed E-state index contributed by atoms with van der Waals surface area (Å²) in [6.45, 7) is 7.85. The Balaban J connectivity index is 1.55. The Morgan fingerprint density at radius 3 is 2.62 bits per heavy atom. The third-order valence-corrected chi connectivity index (χ3v) is 5.70. The average Bonchev–Trinajstić information content (AvgIpc) is 2.79. The first kappa shape index (κ1) is 21.6. The van der Waals surface area contributed by atoms with Gasteiger partial charge in [-0.2, -0.15) is 4.98 Å². The summed E-state index contributed by atoms with van der Waals surface area (Å²) in [7, 11) is 0. The topological polar surface area (TPSA) is 116 Å². The summed E-state index contributed by atoms with van der Waals surface area (Å²) in [5, 5.41) is 5.46. The molecular weight excluding hydrogens is 410 g/mol. The van der Waals surface area contributed by atoms with Crippen molar-refractivity contribution < 1.29 is 14.3 Å². The number of ether oxygens (including phenoxy) is 1. The van der Waals surface area contributed by atoms with Gasteiger partial charge in [0.2, 0.25) is 17.8 Å². The lowest BCUT2D eigenvalue weighted by atomic mass is 9.92. The third-order valence-electron chi connectivity index (χ3n) is 5.70. The normalized spacial score (nSPS) is 17.8. The number of hydrogen-bond donors (Lipinski definition) is 3. The number of aromatic amines is 1. The zero-order valence-electron chi connectivity index (χ0n) is 18.1. The minimum Gasteiger partial charge on any atom is -0.494 e. The number of carbonyl (C=O) groups excluding carboxylic acids is 2. The number of rotatable bonds is 6. The summed E-state index contributed by atoms with van der Waals surface area (Å²) >= 11 is 0. The molecule has 9 nitrogen and oxygen atoms in total. The minimum atomic E-state index is -0.927. The number of H-pyrrole nitrogens is 1. The third kappa shape index (κ3) is 4.51. The van der Waals surface area contributed by atoms with Crippen LogP contribution in [-0.2, 0) is 14.3 Å². The molecule has 1 fully saturated rings. The first-order chi connectivity index (χ1) is 15.5. The molecule has 168 valence electrons. The van der Waals surface area contributed by atoms with Gasteiger partial charge in [0.15, 0.2) is 0 Å². The molecule has 0 bridgehead atoms. The van der Waals surface area contributed by atoms with Crippen LogP contribution in [0, 0.1) is 0 Å². The number of piperidine rings is 1. The number of anilines is 3. The number of fused-ring (bicyclic) bond motifs is 1. The van der Waals surface area contributed by atoms with Crippen molar-refractivity contribution in [3.8, 4) is 0 Å². The molecule has 0 radical (unpaired) electrons. The molecule has 3 N–H and O–H groups in total. The summed E-state index contributed by atoms with van der Waals surface area (Å²) < 4.78 is 5.39. The summed E-state index contributed by atoms with van der Waals surface area (Å²) in [6.07, 6.45) is 3.07. The van der Waals surface area contributed by atoms with Crippen LogP contribution in [0.3, 0.4) is 0 Å². The lowest BCUT2D eigenvalue weighted by Gasteiger charge is -2.29. The highest BCUT2D eigenvalue weighted by atomic mass is 16.5. The van der Waals surface area contributed by atoms with E-state index in [0.717, 1.165) is 37.9 Å². The summed E-state index contributed by atoms with van der Waals surface area (Å²) in [5.74, 6) is -0.568. The standard InChI is InChI=1S/C23H27N5O4/c1-3-32-14(2)15-7-9-16(10-8-15)24-21(30)17-13-18(29)25-20-19(17)22(31)27-23(26-20)28-11-5-4-6-12-28/h7-10,17H,2-6,11-13H2,1H3,(H,24,30)(H2,25,26,27,29,31)/t17-/m1/s1. The van der Waals surface area contributed by atoms with Crippen molar-refractivity contribution in [3.05, 3.63) is 52.3 Å². The molecule has 2 aliphatic heterocycles. The van der Waals surface area contributed by atoms with Crippen molar-refractivity contribution in [2.24, 2.45) is 0 Å². The molecule has 9 heteroatoms. The van der Waals surface area contributed by atoms with E-state index in [1.165, 1.54) is 0 Å². The van der Waals surface area contributed by atoms with Crippen LogP contribution in [0.5, 0.6) is 0 Å². The number of carbonyl (C=O) groups is 2. The zero-order chi connectivity index (χ0) is 22.7. The van der Waals surface area contributed by atoms with Crippen LogP contribution in [0.15, 0.2) is 35.6 Å². The monoisotopic (exact) mass is 437 g/mol. The van der Waals surface area contributed by atoms with Crippen LogP contribution in [0.25, 0.3) is 5.76 Å². The largest absolute Gasteiger partial charge is 0.494 e. The van der Waals surface area contributed by atoms with Gasteiger partial charge >= 0.3 is 0 Å². The van der Waals surface area contributed by atoms with E-state index in [0.29, 0.717) is 24.0 Å². The van der Waals surface area contributed by atoms with Gasteiger partial charge in [0.1, 0.15) is 11.6 Å². The highest BCUT2D eigenvalue weighted by Gasteiger charge is 2.35. The second kappa shape index (κ2) is 9.25. The van der Waals surface area contributed by atoms with Gasteiger partial charge in [0.05, 0.1) is 18.1 Å². The van der Waals surface area contributed by atoms with Crippen molar-refractivity contribution in [2.75, 3.05) is 35.2 Å². The summed E-state index contributed by atoms with van der Waals surface area (Å²) in [4.78, 5) is 47.5. The molecule has 0 spiro atoms. The Hall–Kier alpha value is -3.62. The van der Waals surface area contributed by atoms with Gasteiger partial charge in [-0.1, -0.05) is 6.58 Å². The molecule has 0 unspecified atom stereocenters. The van der Waals surface area contributed by atoms with Crippen LogP contribution < -0.4 is 21.1 Å². The molecular formula is C23H27N5O4. The van der Waals surface area contributed by atoms with E-state index in [9.17, 15) is 14.4 Å². The van der Waals surface area contributed by atoms with Crippen molar-refractivity contribution in [2.45, 2.75) is 38.5 Å². The van der Waals surface area contributed by atoms with E-state index in [4.69, 9.17) is 4.74 Å². The highest BCUT2D eigenvalue weighted by molar-refractivity contribution is 6.04. The van der Waals surface area contributed by atoms with Crippen LogP contribution in [-0.4, -0.2) is 41.5 Å². The lowest BCUT2D eigenvalue weighted by Crippen LogP contribution is -2.38. The molecule has 4 rings (SSSR count). The SMILES string of the molecule is C=C(OCC)c1ccc(NC(=O)[C@@H]2CC(=O)Nc3nc(N4CCCCC4)[nH]c(=O)c32)cc1. The number of aromatic nitrogens is 2. The molecule has 2 aromatic rings. The number of benzene rings is 1. The second-order valence-electron chi connectivity index (χ2n) is 7.93. The smallest absolute Gasteiger partial charge is 0.258 e. The maximum atomic E-state index is 13.0. The Bertz CT molecular complexity index is 1090. The number of nitrogens with one attached hydrogen (secondary N) is 3. The first-order valence-electron chi connectivity index (χ1n) is 10.9. The maximum absolute atomic E-state index is 13.0. The van der Waals surface area contributed by atoms with Crippen LogP contribution in [0.4, 0.5) is 17.5 Å². The van der Waals surface area contributed by atoms with Crippen molar-refractivity contribution >= 4 is 35.0 Å². The Labute approximate surface area is 185 Å². The van der Waals surface area contributed by atoms with Crippen LogP contribution in [0.1, 0.15) is 49.7 Å². The molecule has 2 amide bonds. The van der Waals surface area contributed by atoms with E-state index in [1.807, 2.05) is 11.8 Å². The molecule has 0 aliphatic carbocycles. The number of hydrogen-bond acceptors (Lipinski definition) is 6. The highest BCUT2D eigenvalue weighted by Crippen LogP contribution is 2.30. The minimum absolute atomic E-state index is 0.119. The van der Waals surface area contributed by atoms with Crippen LogP contribution in [0.2, 0.25) is 0 Å². The van der Waals surface area contributed by atoms with Crippen molar-refractivity contribution in [1.29, 1.82) is 0 Å². The van der Waals surface area contributed by atoms with Gasteiger partial charge in [-0.15, -0.1) is 0 Å². The Morgan fingerprint density at radius 2 is 1.94 bits per heavy atom. The van der Waals surface area contributed by atoms with E-state index < -0.39 is 17.4 Å². The predicted molar refractivity (Wildman–Crippen MR) is 123 cm³/mol. The fraction of sp³-hybridized carbons (Fsp3) is 0.391. The van der Waals surface area contributed by atoms with Gasteiger partial charge in [-0.05, 0) is 50.5 Å². The predicted octanol–water partition coefficient (Wildman–Crippen LogP) is 2.83. The van der Waals surface area contributed by atoms with Gasteiger partial charge in [0.25, 0.3) is 5.56 Å². The lowest BCUT2D eigenvalue weighted by molar-refractivity contribution is -0.123. The van der Waals surface area contributed by atoms with Gasteiger partial charge < -0.3 is 20.3 Å². The van der Waals surface area contributed by atoms with E-state index >= 15 is 0 Å². The molecule has 2 aliphatic rings. The fourth-order valence-electron chi connectivity index (χ4n) is 4.07. The zero-order valence-corrected chi connectivity index (χ0v) is 18.1. The molecule has 3 heterocycles. The Kier molecular flexibility index (Phi) is 6.25. The van der Waals surface area contributed by atoms with Crippen molar-refractivity contribution in [3.63, 3.8) is 0 Å². The first-order valence-corrected chi connectivity index (χ1v) is 10.9. The van der Waals surface area contributed by atoms with Crippen molar-refractivity contribution in [1.82, 2.24) is 9.97 Å². The molecule has 1 atom stereocenters. The Morgan fingerprint density at radius 1 is 1.22 bits per heavy atom. The van der Waals surface area contributed by atoms with Gasteiger partial charge in [-0.3, -0.25) is 19.4 Å². The fourth-order valence-corrected chi connectivity index (χ4v) is 4.07. The maximum Gasteiger partial charge on any atom is 0.258 e. The molecule has 0 saturated carbocycles. The van der Waals surface area contributed by atoms with E-state index in [1.54, 1.807) is 24.3 Å². The average molecular weight is 438 g/mol.